The molecule has 1 aliphatic carbocycles. The molecule has 0 unspecified atom stereocenters. The highest BCUT2D eigenvalue weighted by molar-refractivity contribution is 5.90. The van der Waals surface area contributed by atoms with Crippen LogP contribution in [0.15, 0.2) is 18.2 Å². The lowest BCUT2D eigenvalue weighted by Crippen LogP contribution is -2.24. The minimum absolute atomic E-state index is 0. The standard InChI is InChI=1S/C14H17NO2.ClH/c1-17-13(16)10-4-5-12-11(8-10)14(9-15-12)6-2-3-7-14;/h4-5,8,15H,2-3,6-7,9H2,1H3;1H. The van der Waals surface area contributed by atoms with Crippen molar-refractivity contribution in [2.75, 3.05) is 19.0 Å². The number of fused-ring (bicyclic) bond motifs is 2. The van der Waals surface area contributed by atoms with Crippen LogP contribution in [0.3, 0.4) is 0 Å². The first-order valence-corrected chi connectivity index (χ1v) is 6.22. The molecule has 0 amide bonds. The zero-order valence-electron chi connectivity index (χ0n) is 10.5. The maximum absolute atomic E-state index is 11.6. The number of methoxy groups -OCH3 is 1. The number of halogens is 1. The molecular formula is C14H18ClNO2. The van der Waals surface area contributed by atoms with Gasteiger partial charge in [0.15, 0.2) is 0 Å². The molecule has 1 fully saturated rings. The van der Waals surface area contributed by atoms with Gasteiger partial charge < -0.3 is 10.1 Å². The summed E-state index contributed by atoms with van der Waals surface area (Å²) in [6.45, 7) is 1.02. The van der Waals surface area contributed by atoms with E-state index in [0.717, 1.165) is 6.54 Å². The monoisotopic (exact) mass is 267 g/mol. The smallest absolute Gasteiger partial charge is 0.337 e. The Hall–Kier alpha value is -1.22. The Balaban J connectivity index is 0.00000120. The van der Waals surface area contributed by atoms with Crippen molar-refractivity contribution >= 4 is 24.1 Å². The van der Waals surface area contributed by atoms with Gasteiger partial charge in [-0.2, -0.15) is 0 Å². The average molecular weight is 268 g/mol. The summed E-state index contributed by atoms with van der Waals surface area (Å²) in [5.74, 6) is -0.243. The zero-order valence-corrected chi connectivity index (χ0v) is 11.3. The predicted molar refractivity (Wildman–Crippen MR) is 73.7 cm³/mol. The molecule has 1 heterocycles. The van der Waals surface area contributed by atoms with Gasteiger partial charge >= 0.3 is 5.97 Å². The van der Waals surface area contributed by atoms with E-state index in [9.17, 15) is 4.79 Å². The van der Waals surface area contributed by atoms with E-state index in [1.165, 1.54) is 44.0 Å². The van der Waals surface area contributed by atoms with Gasteiger partial charge in [0, 0.05) is 17.6 Å². The van der Waals surface area contributed by atoms with Crippen molar-refractivity contribution in [1.82, 2.24) is 0 Å². The summed E-state index contributed by atoms with van der Waals surface area (Å²) >= 11 is 0. The van der Waals surface area contributed by atoms with Crippen LogP contribution in [0, 0.1) is 0 Å². The maximum Gasteiger partial charge on any atom is 0.337 e. The maximum atomic E-state index is 11.6. The number of ether oxygens (including phenoxy) is 1. The number of esters is 1. The molecule has 1 N–H and O–H groups in total. The van der Waals surface area contributed by atoms with Gasteiger partial charge in [-0.3, -0.25) is 0 Å². The predicted octanol–water partition coefficient (Wildman–Crippen LogP) is 3.13. The van der Waals surface area contributed by atoms with Gasteiger partial charge in [-0.05, 0) is 36.6 Å². The minimum atomic E-state index is -0.243. The van der Waals surface area contributed by atoms with Crippen LogP contribution < -0.4 is 5.32 Å². The molecule has 1 aliphatic heterocycles. The van der Waals surface area contributed by atoms with Crippen LogP contribution in [0.5, 0.6) is 0 Å². The van der Waals surface area contributed by atoms with Gasteiger partial charge in [0.2, 0.25) is 0 Å². The van der Waals surface area contributed by atoms with Gasteiger partial charge in [0.1, 0.15) is 0 Å². The van der Waals surface area contributed by atoms with Crippen LogP contribution in [0.25, 0.3) is 0 Å². The molecule has 1 saturated carbocycles. The first-order chi connectivity index (χ1) is 8.25. The molecule has 0 saturated heterocycles. The van der Waals surface area contributed by atoms with Crippen molar-refractivity contribution < 1.29 is 9.53 Å². The third-order valence-corrected chi connectivity index (χ3v) is 4.19. The molecule has 4 heteroatoms. The second-order valence-electron chi connectivity index (χ2n) is 5.09. The van der Waals surface area contributed by atoms with Crippen LogP contribution in [-0.4, -0.2) is 19.6 Å². The van der Waals surface area contributed by atoms with Gasteiger partial charge in [0.25, 0.3) is 0 Å². The lowest BCUT2D eigenvalue weighted by molar-refractivity contribution is 0.0600. The number of hydrogen-bond donors (Lipinski definition) is 1. The van der Waals surface area contributed by atoms with Crippen LogP contribution >= 0.6 is 12.4 Å². The number of hydrogen-bond acceptors (Lipinski definition) is 3. The summed E-state index contributed by atoms with van der Waals surface area (Å²) < 4.78 is 4.79. The number of carbonyl (C=O) groups excluding carboxylic acids is 1. The normalized spacial score (nSPS) is 18.9. The SMILES string of the molecule is COC(=O)c1ccc2c(c1)C1(CCCC1)CN2.Cl. The van der Waals surface area contributed by atoms with Crippen molar-refractivity contribution in [3.8, 4) is 0 Å². The first-order valence-electron chi connectivity index (χ1n) is 6.22. The molecule has 0 aromatic heterocycles. The number of benzene rings is 1. The molecule has 1 spiro atoms. The van der Waals surface area contributed by atoms with E-state index in [4.69, 9.17) is 4.74 Å². The molecule has 1 aromatic rings. The Labute approximate surface area is 113 Å². The van der Waals surface area contributed by atoms with Gasteiger partial charge in [-0.15, -0.1) is 12.4 Å². The van der Waals surface area contributed by atoms with E-state index in [2.05, 4.69) is 5.32 Å². The van der Waals surface area contributed by atoms with Crippen molar-refractivity contribution in [1.29, 1.82) is 0 Å². The molecule has 1 aromatic carbocycles. The third-order valence-electron chi connectivity index (χ3n) is 4.19. The van der Waals surface area contributed by atoms with E-state index >= 15 is 0 Å². The highest BCUT2D eigenvalue weighted by Crippen LogP contribution is 2.48. The molecular weight excluding hydrogens is 250 g/mol. The lowest BCUT2D eigenvalue weighted by Gasteiger charge is -2.22. The number of rotatable bonds is 1. The van der Waals surface area contributed by atoms with Gasteiger partial charge in [-0.25, -0.2) is 4.79 Å². The Morgan fingerprint density at radius 3 is 2.72 bits per heavy atom. The third kappa shape index (κ3) is 1.87. The van der Waals surface area contributed by atoms with Crippen molar-refractivity contribution in [3.63, 3.8) is 0 Å². The molecule has 0 bridgehead atoms. The van der Waals surface area contributed by atoms with Crippen LogP contribution in [-0.2, 0) is 10.2 Å². The summed E-state index contributed by atoms with van der Waals surface area (Å²) in [4.78, 5) is 11.6. The zero-order chi connectivity index (χ0) is 11.9. The number of anilines is 1. The fourth-order valence-electron chi connectivity index (χ4n) is 3.24. The second-order valence-corrected chi connectivity index (χ2v) is 5.09. The molecule has 3 rings (SSSR count). The molecule has 0 atom stereocenters. The Kier molecular flexibility index (Phi) is 3.53. The van der Waals surface area contributed by atoms with E-state index in [-0.39, 0.29) is 23.8 Å². The fraction of sp³-hybridized carbons (Fsp3) is 0.500. The second kappa shape index (κ2) is 4.81. The molecule has 3 nitrogen and oxygen atoms in total. The largest absolute Gasteiger partial charge is 0.465 e. The summed E-state index contributed by atoms with van der Waals surface area (Å²) in [5.41, 5.74) is 3.46. The quantitative estimate of drug-likeness (QED) is 0.795. The Bertz CT molecular complexity index is 467. The number of carbonyl (C=O) groups is 1. The van der Waals surface area contributed by atoms with Crippen LogP contribution in [0.1, 0.15) is 41.6 Å². The first kappa shape index (κ1) is 13.2. The van der Waals surface area contributed by atoms with Crippen molar-refractivity contribution in [2.45, 2.75) is 31.1 Å². The van der Waals surface area contributed by atoms with E-state index < -0.39 is 0 Å². The molecule has 0 radical (unpaired) electrons. The number of nitrogens with one attached hydrogen (secondary N) is 1. The van der Waals surface area contributed by atoms with Gasteiger partial charge in [0.05, 0.1) is 12.7 Å². The van der Waals surface area contributed by atoms with Crippen LogP contribution in [0.4, 0.5) is 5.69 Å². The van der Waals surface area contributed by atoms with E-state index in [1.807, 2.05) is 18.2 Å². The Morgan fingerprint density at radius 2 is 2.06 bits per heavy atom. The summed E-state index contributed by atoms with van der Waals surface area (Å²) in [7, 11) is 1.43. The lowest BCUT2D eigenvalue weighted by atomic mass is 9.80. The fourth-order valence-corrected chi connectivity index (χ4v) is 3.24. The molecule has 98 valence electrons. The summed E-state index contributed by atoms with van der Waals surface area (Å²) in [6.07, 6.45) is 5.06. The van der Waals surface area contributed by atoms with E-state index in [0.29, 0.717) is 5.56 Å². The molecule has 2 aliphatic rings. The Morgan fingerprint density at radius 1 is 1.33 bits per heavy atom. The molecule has 18 heavy (non-hydrogen) atoms. The van der Waals surface area contributed by atoms with Crippen molar-refractivity contribution in [3.05, 3.63) is 29.3 Å². The minimum Gasteiger partial charge on any atom is -0.465 e. The summed E-state index contributed by atoms with van der Waals surface area (Å²) in [6, 6.07) is 5.87. The van der Waals surface area contributed by atoms with Gasteiger partial charge in [-0.1, -0.05) is 12.8 Å². The highest BCUT2D eigenvalue weighted by Gasteiger charge is 2.41. The summed E-state index contributed by atoms with van der Waals surface area (Å²) in [5, 5.41) is 3.46. The topological polar surface area (TPSA) is 38.3 Å². The van der Waals surface area contributed by atoms with E-state index in [1.54, 1.807) is 0 Å². The average Bonchev–Trinajstić information content (AvgIpc) is 2.98. The highest BCUT2D eigenvalue weighted by atomic mass is 35.5. The van der Waals surface area contributed by atoms with Crippen LogP contribution in [0.2, 0.25) is 0 Å². The van der Waals surface area contributed by atoms with Crippen molar-refractivity contribution in [2.24, 2.45) is 0 Å².